The van der Waals surface area contributed by atoms with Crippen molar-refractivity contribution in [1.82, 2.24) is 4.90 Å². The summed E-state index contributed by atoms with van der Waals surface area (Å²) in [5.74, 6) is 1.03. The van der Waals surface area contributed by atoms with Gasteiger partial charge in [0.25, 0.3) is 0 Å². The molecule has 6 heteroatoms. The third-order valence-corrected chi connectivity index (χ3v) is 3.88. The summed E-state index contributed by atoms with van der Waals surface area (Å²) in [5.41, 5.74) is 0.0970. The first kappa shape index (κ1) is 16.4. The Hall–Kier alpha value is -2.50. The molecule has 0 unspecified atom stereocenters. The van der Waals surface area contributed by atoms with E-state index in [0.717, 1.165) is 21.6 Å². The van der Waals surface area contributed by atoms with Crippen LogP contribution in [0, 0.1) is 0 Å². The number of fused-ring (bicyclic) bond motifs is 1. The normalized spacial score (nSPS) is 18.2. The third-order valence-electron chi connectivity index (χ3n) is 3.88. The van der Waals surface area contributed by atoms with Gasteiger partial charge in [-0.15, -0.1) is 0 Å². The maximum atomic E-state index is 12.2. The minimum atomic E-state index is -0.634. The number of imide groups is 1. The molecule has 0 spiro atoms. The molecule has 2 amide bonds. The van der Waals surface area contributed by atoms with Crippen molar-refractivity contribution < 1.29 is 23.5 Å². The zero-order valence-corrected chi connectivity index (χ0v) is 14.3. The Bertz CT molecular complexity index is 786. The fourth-order valence-corrected chi connectivity index (χ4v) is 2.76. The smallest absolute Gasteiger partial charge is 0.417 e. The van der Waals surface area contributed by atoms with Gasteiger partial charge in [0.05, 0.1) is 7.11 Å². The standard InChI is InChI=1S/C18H21NO5/c1-18(2,3)24-17(21)19-10-12(9-16(19)20)15-8-11-7-13(22-4)5-6-14(11)23-15/h5-8,12H,9-10H2,1-4H3/t12-/m0/s1. The van der Waals surface area contributed by atoms with Crippen molar-refractivity contribution in [3.63, 3.8) is 0 Å². The minimum absolute atomic E-state index is 0.164. The molecule has 0 radical (unpaired) electrons. The summed E-state index contributed by atoms with van der Waals surface area (Å²) in [4.78, 5) is 25.5. The number of nitrogens with zero attached hydrogens (tertiary/aromatic N) is 1. The van der Waals surface area contributed by atoms with Gasteiger partial charge in [0, 0.05) is 24.3 Å². The number of hydrogen-bond acceptors (Lipinski definition) is 5. The monoisotopic (exact) mass is 331 g/mol. The number of likely N-dealkylation sites (tertiary alicyclic amines) is 1. The van der Waals surface area contributed by atoms with E-state index in [1.807, 2.05) is 24.3 Å². The molecule has 0 aliphatic carbocycles. The molecule has 0 bridgehead atoms. The van der Waals surface area contributed by atoms with Gasteiger partial charge in [-0.25, -0.2) is 9.69 Å². The van der Waals surface area contributed by atoms with Crippen LogP contribution in [0.3, 0.4) is 0 Å². The van der Waals surface area contributed by atoms with Crippen molar-refractivity contribution in [2.45, 2.75) is 38.7 Å². The fourth-order valence-electron chi connectivity index (χ4n) is 2.76. The van der Waals surface area contributed by atoms with Crippen LogP contribution in [0.15, 0.2) is 28.7 Å². The van der Waals surface area contributed by atoms with E-state index in [2.05, 4.69) is 0 Å². The third kappa shape index (κ3) is 3.22. The van der Waals surface area contributed by atoms with E-state index in [1.54, 1.807) is 27.9 Å². The van der Waals surface area contributed by atoms with Crippen LogP contribution in [-0.2, 0) is 9.53 Å². The van der Waals surface area contributed by atoms with Crippen molar-refractivity contribution in [3.05, 3.63) is 30.0 Å². The molecule has 24 heavy (non-hydrogen) atoms. The molecule has 6 nitrogen and oxygen atoms in total. The van der Waals surface area contributed by atoms with Gasteiger partial charge >= 0.3 is 6.09 Å². The fraction of sp³-hybridized carbons (Fsp3) is 0.444. The Morgan fingerprint density at radius 3 is 2.71 bits per heavy atom. The topological polar surface area (TPSA) is 69.0 Å². The Labute approximate surface area is 140 Å². The molecule has 1 atom stereocenters. The molecule has 0 saturated carbocycles. The second-order valence-corrected chi connectivity index (χ2v) is 6.94. The number of methoxy groups -OCH3 is 1. The Kier molecular flexibility index (Phi) is 3.99. The van der Waals surface area contributed by atoms with E-state index >= 15 is 0 Å². The highest BCUT2D eigenvalue weighted by atomic mass is 16.6. The Morgan fingerprint density at radius 2 is 2.04 bits per heavy atom. The van der Waals surface area contributed by atoms with Gasteiger partial charge in [-0.2, -0.15) is 0 Å². The van der Waals surface area contributed by atoms with E-state index in [1.165, 1.54) is 0 Å². The van der Waals surface area contributed by atoms with Gasteiger partial charge in [0.1, 0.15) is 22.7 Å². The second kappa shape index (κ2) is 5.85. The van der Waals surface area contributed by atoms with Crippen molar-refractivity contribution in [2.75, 3.05) is 13.7 Å². The number of amides is 2. The number of furan rings is 1. The molecule has 2 heterocycles. The van der Waals surface area contributed by atoms with E-state index < -0.39 is 11.7 Å². The largest absolute Gasteiger partial charge is 0.497 e. The number of rotatable bonds is 2. The van der Waals surface area contributed by atoms with E-state index in [4.69, 9.17) is 13.9 Å². The molecule has 1 fully saturated rings. The number of carbonyl (C=O) groups is 2. The summed E-state index contributed by atoms with van der Waals surface area (Å²) in [6.07, 6.45) is -0.372. The van der Waals surface area contributed by atoms with Crippen molar-refractivity contribution >= 4 is 23.0 Å². The van der Waals surface area contributed by atoms with Crippen molar-refractivity contribution in [2.24, 2.45) is 0 Å². The Morgan fingerprint density at radius 1 is 1.29 bits per heavy atom. The maximum Gasteiger partial charge on any atom is 0.417 e. The molecule has 128 valence electrons. The predicted molar refractivity (Wildman–Crippen MR) is 88.1 cm³/mol. The maximum absolute atomic E-state index is 12.2. The van der Waals surface area contributed by atoms with E-state index in [0.29, 0.717) is 5.76 Å². The summed E-state index contributed by atoms with van der Waals surface area (Å²) >= 11 is 0. The van der Waals surface area contributed by atoms with Gasteiger partial charge in [-0.05, 0) is 45.0 Å². The lowest BCUT2D eigenvalue weighted by molar-refractivity contribution is -0.127. The molecule has 1 aromatic carbocycles. The summed E-state index contributed by atoms with van der Waals surface area (Å²) in [6.45, 7) is 5.59. The lowest BCUT2D eigenvalue weighted by Crippen LogP contribution is -2.37. The van der Waals surface area contributed by atoms with Crippen LogP contribution >= 0.6 is 0 Å². The van der Waals surface area contributed by atoms with Crippen molar-refractivity contribution in [1.29, 1.82) is 0 Å². The number of hydrogen-bond donors (Lipinski definition) is 0. The molecule has 1 saturated heterocycles. The highest BCUT2D eigenvalue weighted by Gasteiger charge is 2.38. The molecule has 1 aromatic heterocycles. The van der Waals surface area contributed by atoms with Gasteiger partial charge in [0.15, 0.2) is 0 Å². The minimum Gasteiger partial charge on any atom is -0.497 e. The predicted octanol–water partition coefficient (Wildman–Crippen LogP) is 3.69. The van der Waals surface area contributed by atoms with Gasteiger partial charge in [-0.1, -0.05) is 0 Å². The quantitative estimate of drug-likeness (QED) is 0.839. The first-order chi connectivity index (χ1) is 11.3. The lowest BCUT2D eigenvalue weighted by atomic mass is 10.1. The lowest BCUT2D eigenvalue weighted by Gasteiger charge is -2.23. The molecular weight excluding hydrogens is 310 g/mol. The van der Waals surface area contributed by atoms with Crippen LogP contribution in [-0.4, -0.2) is 36.2 Å². The van der Waals surface area contributed by atoms with E-state index in [9.17, 15) is 9.59 Å². The van der Waals surface area contributed by atoms with Crippen LogP contribution < -0.4 is 4.74 Å². The first-order valence-corrected chi connectivity index (χ1v) is 7.87. The average Bonchev–Trinajstić information content (AvgIpc) is 3.07. The number of benzene rings is 1. The Balaban J connectivity index is 1.79. The van der Waals surface area contributed by atoms with Gasteiger partial charge in [-0.3, -0.25) is 4.79 Å². The summed E-state index contributed by atoms with van der Waals surface area (Å²) in [5, 5.41) is 0.910. The van der Waals surface area contributed by atoms with E-state index in [-0.39, 0.29) is 24.8 Å². The number of carbonyl (C=O) groups excluding carboxylic acids is 2. The van der Waals surface area contributed by atoms with Gasteiger partial charge < -0.3 is 13.9 Å². The summed E-state index contributed by atoms with van der Waals surface area (Å²) in [7, 11) is 1.61. The highest BCUT2D eigenvalue weighted by Crippen LogP contribution is 2.34. The molecule has 3 rings (SSSR count). The molecule has 0 N–H and O–H groups in total. The van der Waals surface area contributed by atoms with Crippen LogP contribution in [0.1, 0.15) is 38.9 Å². The molecule has 1 aliphatic rings. The van der Waals surface area contributed by atoms with Crippen LogP contribution in [0.25, 0.3) is 11.0 Å². The molecule has 1 aliphatic heterocycles. The number of ether oxygens (including phenoxy) is 2. The molecule has 2 aromatic rings. The summed E-state index contributed by atoms with van der Waals surface area (Å²) in [6, 6.07) is 7.43. The SMILES string of the molecule is COc1ccc2oc([C@H]3CC(=O)N(C(=O)OC(C)(C)C)C3)cc2c1. The zero-order valence-electron chi connectivity index (χ0n) is 14.3. The van der Waals surface area contributed by atoms with Crippen molar-refractivity contribution in [3.8, 4) is 5.75 Å². The second-order valence-electron chi connectivity index (χ2n) is 6.94. The van der Waals surface area contributed by atoms with Crippen LogP contribution in [0.4, 0.5) is 4.79 Å². The van der Waals surface area contributed by atoms with Gasteiger partial charge in [0.2, 0.25) is 5.91 Å². The highest BCUT2D eigenvalue weighted by molar-refractivity contribution is 5.94. The first-order valence-electron chi connectivity index (χ1n) is 7.87. The average molecular weight is 331 g/mol. The summed E-state index contributed by atoms with van der Waals surface area (Å²) < 4.78 is 16.3. The molecular formula is C18H21NO5. The zero-order chi connectivity index (χ0) is 17.5. The van der Waals surface area contributed by atoms with Crippen LogP contribution in [0.5, 0.6) is 5.75 Å². The van der Waals surface area contributed by atoms with Crippen LogP contribution in [0.2, 0.25) is 0 Å².